The smallest absolute Gasteiger partial charge is 0.305 e. The molecule has 6 heteroatoms. The number of hydrogen-bond acceptors (Lipinski definition) is 3. The normalized spacial score (nSPS) is 54.9. The van der Waals surface area contributed by atoms with Gasteiger partial charge in [-0.25, -0.2) is 4.39 Å². The molecule has 7 fully saturated rings. The van der Waals surface area contributed by atoms with E-state index >= 15 is 0 Å². The van der Waals surface area contributed by atoms with Crippen LogP contribution in [0.25, 0.3) is 0 Å². The molecule has 28 heavy (non-hydrogen) atoms. The van der Waals surface area contributed by atoms with Gasteiger partial charge >= 0.3 is 5.97 Å². The molecule has 7 saturated carbocycles. The van der Waals surface area contributed by atoms with E-state index in [2.05, 4.69) is 35.8 Å². The van der Waals surface area contributed by atoms with Crippen molar-refractivity contribution in [2.45, 2.75) is 61.8 Å². The average molecular weight is 443 g/mol. The van der Waals surface area contributed by atoms with E-state index in [1.54, 1.807) is 25.7 Å². The van der Waals surface area contributed by atoms with E-state index in [1.165, 1.54) is 54.5 Å². The summed E-state index contributed by atoms with van der Waals surface area (Å²) in [7, 11) is 6.01. The number of carbonyl (C=O) groups is 1. The van der Waals surface area contributed by atoms with Crippen molar-refractivity contribution < 1.29 is 13.9 Å². The fraction of sp³-hybridized carbons (Fsp3) is 0.955. The minimum Gasteiger partial charge on any atom is -0.469 e. The van der Waals surface area contributed by atoms with Crippen LogP contribution in [0.5, 0.6) is 0 Å². The second kappa shape index (κ2) is 5.89. The first-order valence-electron chi connectivity index (χ1n) is 11.3. The van der Waals surface area contributed by atoms with Crippen molar-refractivity contribution in [2.24, 2.45) is 58.2 Å². The summed E-state index contributed by atoms with van der Waals surface area (Å²) in [6, 6.07) is 0. The van der Waals surface area contributed by atoms with Crippen LogP contribution in [0, 0.1) is 58.2 Å². The maximum Gasteiger partial charge on any atom is 0.305 e. The molecule has 0 radical (unpaired) electrons. The highest BCUT2D eigenvalue weighted by atomic mass is 32.1. The van der Waals surface area contributed by atoms with Crippen LogP contribution >= 0.6 is 31.1 Å². The summed E-state index contributed by atoms with van der Waals surface area (Å²) in [6.07, 6.45) is 7.86. The Hall–Kier alpha value is 0.610. The van der Waals surface area contributed by atoms with Crippen LogP contribution in [-0.4, -0.2) is 23.5 Å². The van der Waals surface area contributed by atoms with Crippen molar-refractivity contribution in [3.63, 3.8) is 0 Å². The van der Waals surface area contributed by atoms with Gasteiger partial charge in [0.25, 0.3) is 0 Å². The first kappa shape index (κ1) is 19.3. The Bertz CT molecular complexity index is 676. The van der Waals surface area contributed by atoms with E-state index in [0.29, 0.717) is 25.7 Å². The summed E-state index contributed by atoms with van der Waals surface area (Å²) in [5.41, 5.74) is 2.11. The van der Waals surface area contributed by atoms with Crippen LogP contribution in [-0.2, 0) is 9.53 Å². The Morgan fingerprint density at radius 3 is 2.11 bits per heavy atom. The lowest BCUT2D eigenvalue weighted by Gasteiger charge is -2.92. The first-order valence-corrected chi connectivity index (χ1v) is 12.9. The number of hydrogen-bond donors (Lipinski definition) is 1. The topological polar surface area (TPSA) is 26.3 Å². The molecule has 7 rings (SSSR count). The predicted molar refractivity (Wildman–Crippen MR) is 118 cm³/mol. The number of esters is 1. The first-order chi connectivity index (χ1) is 13.3. The van der Waals surface area contributed by atoms with Gasteiger partial charge in [-0.15, -0.1) is 18.5 Å². The van der Waals surface area contributed by atoms with Gasteiger partial charge in [-0.3, -0.25) is 4.79 Å². The molecule has 2 spiro atoms. The highest BCUT2D eigenvalue weighted by Crippen LogP contribution is 3.06. The van der Waals surface area contributed by atoms with Crippen LogP contribution in [0.1, 0.15) is 51.4 Å². The number of methoxy groups -OCH3 is 1. The highest BCUT2D eigenvalue weighted by Gasteiger charge is 3.02. The van der Waals surface area contributed by atoms with E-state index in [-0.39, 0.29) is 5.97 Å². The zero-order valence-corrected chi connectivity index (χ0v) is 19.9. The minimum absolute atomic E-state index is 0.241. The Labute approximate surface area is 178 Å². The Kier molecular flexibility index (Phi) is 4.06. The number of halogens is 1. The molecule has 0 aromatic heterocycles. The molecule has 2 nitrogen and oxygen atoms in total. The standard InChI is InChI=1S/C14H16.C8H17FO2P2S/c1-5-3-10-8-2-6-4-9-7(1)11-13(5,10)12(8)14(6,9)11;1-11-7(10)5-3-2-4-6(9)8(12,13)14/h5-12H,1-4H2;6,14H,2-5,12-13H2,1H3. The fourth-order valence-corrected chi connectivity index (χ4v) is 10.9. The van der Waals surface area contributed by atoms with Gasteiger partial charge in [0.05, 0.1) is 11.3 Å². The molecule has 0 saturated heterocycles. The highest BCUT2D eigenvalue weighted by molar-refractivity contribution is 7.93. The molecule has 0 amide bonds. The zero-order chi connectivity index (χ0) is 19.6. The van der Waals surface area contributed by atoms with E-state index in [0.717, 1.165) is 10.8 Å². The number of ether oxygens (including phenoxy) is 1. The van der Waals surface area contributed by atoms with Crippen LogP contribution < -0.4 is 0 Å². The maximum absolute atomic E-state index is 13.3. The quantitative estimate of drug-likeness (QED) is 0.273. The molecule has 7 aliphatic rings. The van der Waals surface area contributed by atoms with Gasteiger partial charge in [-0.05, 0) is 103 Å². The third-order valence-corrected chi connectivity index (χ3v) is 11.8. The summed E-state index contributed by atoms with van der Waals surface area (Å²) in [4.78, 5) is 10.7. The second-order valence-corrected chi connectivity index (χ2v) is 15.3. The van der Waals surface area contributed by atoms with Crippen molar-refractivity contribution in [3.8, 4) is 0 Å². The van der Waals surface area contributed by atoms with Crippen molar-refractivity contribution in [1.82, 2.24) is 0 Å². The zero-order valence-electron chi connectivity index (χ0n) is 16.6. The molecule has 7 aliphatic carbocycles. The molecule has 0 aliphatic heterocycles. The molecule has 9 atom stereocenters. The van der Waals surface area contributed by atoms with Gasteiger partial charge in [0.2, 0.25) is 0 Å². The fourth-order valence-electron chi connectivity index (χ4n) is 10.4. The lowest BCUT2D eigenvalue weighted by molar-refractivity contribution is -0.458. The second-order valence-electron chi connectivity index (χ2n) is 11.0. The van der Waals surface area contributed by atoms with Crippen molar-refractivity contribution in [2.75, 3.05) is 7.11 Å². The number of thiol groups is 1. The van der Waals surface area contributed by atoms with Crippen molar-refractivity contribution >= 4 is 37.1 Å². The summed E-state index contributed by atoms with van der Waals surface area (Å²) < 4.78 is 17.0. The minimum atomic E-state index is -1.00. The van der Waals surface area contributed by atoms with Crippen LogP contribution in [0.15, 0.2) is 0 Å². The van der Waals surface area contributed by atoms with Gasteiger partial charge in [0, 0.05) is 6.42 Å². The Morgan fingerprint density at radius 1 is 1.11 bits per heavy atom. The molecule has 0 N–H and O–H groups in total. The van der Waals surface area contributed by atoms with Crippen LogP contribution in [0.4, 0.5) is 4.39 Å². The third kappa shape index (κ3) is 1.91. The molecular formula is C22H33FO2P2S. The molecule has 9 unspecified atom stereocenters. The third-order valence-electron chi connectivity index (χ3n) is 10.8. The largest absolute Gasteiger partial charge is 0.469 e. The van der Waals surface area contributed by atoms with E-state index in [1.807, 2.05) is 0 Å². The molecular weight excluding hydrogens is 409 g/mol. The SMILES string of the molecule is C1C2C3CC4CC5C6CC1C61C5C43C21.COC(=O)CCCCC(F)C(P)(P)S. The Balaban J connectivity index is 0.000000111. The van der Waals surface area contributed by atoms with E-state index in [9.17, 15) is 9.18 Å². The van der Waals surface area contributed by atoms with Gasteiger partial charge in [0.1, 0.15) is 6.17 Å². The molecule has 0 aromatic rings. The molecule has 0 heterocycles. The Morgan fingerprint density at radius 2 is 1.64 bits per heavy atom. The summed E-state index contributed by atoms with van der Waals surface area (Å²) in [5, 5.41) is 0. The average Bonchev–Trinajstić information content (AvgIpc) is 3.03. The summed E-state index contributed by atoms with van der Waals surface area (Å²) in [6.45, 7) is 0. The van der Waals surface area contributed by atoms with Crippen LogP contribution in [0.2, 0.25) is 0 Å². The maximum atomic E-state index is 13.3. The van der Waals surface area contributed by atoms with Gasteiger partial charge in [0.15, 0.2) is 0 Å². The number of carbonyl (C=O) groups excluding carboxylic acids is 1. The number of fused-ring (bicyclic) bond motifs is 2. The van der Waals surface area contributed by atoms with E-state index in [4.69, 9.17) is 0 Å². The number of rotatable bonds is 6. The summed E-state index contributed by atoms with van der Waals surface area (Å²) in [5.74, 6) is 10.0. The lowest BCUT2D eigenvalue weighted by atomic mass is 9.12. The number of unbranched alkanes of at least 4 members (excludes halogenated alkanes) is 1. The van der Waals surface area contributed by atoms with Gasteiger partial charge in [-0.2, -0.15) is 12.6 Å². The van der Waals surface area contributed by atoms with Crippen LogP contribution in [0.3, 0.4) is 0 Å². The predicted octanol–water partition coefficient (Wildman–Crippen LogP) is 4.94. The van der Waals surface area contributed by atoms with Gasteiger partial charge < -0.3 is 4.74 Å². The summed E-state index contributed by atoms with van der Waals surface area (Å²) >= 11 is 4.07. The van der Waals surface area contributed by atoms with Crippen molar-refractivity contribution in [1.29, 1.82) is 0 Å². The lowest BCUT2D eigenvalue weighted by Crippen LogP contribution is -2.89. The van der Waals surface area contributed by atoms with E-state index < -0.39 is 10.4 Å². The molecule has 0 aromatic carbocycles. The molecule has 156 valence electrons. The number of alkyl halides is 1. The van der Waals surface area contributed by atoms with Gasteiger partial charge in [-0.1, -0.05) is 0 Å². The monoisotopic (exact) mass is 442 g/mol. The van der Waals surface area contributed by atoms with Crippen molar-refractivity contribution in [3.05, 3.63) is 0 Å². The molecule has 0 bridgehead atoms.